The van der Waals surface area contributed by atoms with Crippen LogP contribution in [0.4, 0.5) is 34.1 Å². The molecule has 0 aliphatic carbocycles. The number of rotatable bonds is 3. The van der Waals surface area contributed by atoms with E-state index in [2.05, 4.69) is 369 Å². The predicted molar refractivity (Wildman–Crippen MR) is 486 cm³/mol. The summed E-state index contributed by atoms with van der Waals surface area (Å²) in [6.07, 6.45) is 8.48. The van der Waals surface area contributed by atoms with Gasteiger partial charge in [0.2, 0.25) is 0 Å². The number of aromatic nitrogens is 7. The Bertz CT molecular complexity index is 8210. The maximum atomic E-state index is 6.13. The second-order valence-electron chi connectivity index (χ2n) is 31.7. The molecule has 117 heavy (non-hydrogen) atoms. The Morgan fingerprint density at radius 1 is 0.248 bits per heavy atom. The second-order valence-corrected chi connectivity index (χ2v) is 32.8. The molecule has 0 amide bonds. The molecule has 16 heteroatoms. The highest BCUT2D eigenvalue weighted by atomic mass is 32.1. The summed E-state index contributed by atoms with van der Waals surface area (Å²) in [4.78, 5) is 12.4. The first-order valence-corrected chi connectivity index (χ1v) is 40.8. The Hall–Kier alpha value is -15.1. The normalized spacial score (nSPS) is 13.5. The van der Waals surface area contributed by atoms with Gasteiger partial charge in [0.15, 0.2) is 0 Å². The number of benzene rings is 15. The lowest BCUT2D eigenvalue weighted by molar-refractivity contribution is 0.668. The maximum absolute atomic E-state index is 6.13. The van der Waals surface area contributed by atoms with Crippen molar-refractivity contribution in [1.29, 1.82) is 0 Å². The van der Waals surface area contributed by atoms with Crippen molar-refractivity contribution in [2.45, 2.75) is 0 Å². The third-order valence-corrected chi connectivity index (χ3v) is 27.1. The SMILES string of the molecule is c1ccc2c(c1)-c1cccn1B1N2c2cc(-c3ccc4oc5ccccc5c4c3)cc3c4ccccc4n1c23.c1ccc2c(c1)-c1cccn1B1N2c2cc(-c3ccc4sc5ccccc5c4c3)cc3c4ccccc4n1c23.c1ccc2c(c1)oc1ccc(-c3ccc4c(c3)-c3nccn3B3N4c4cccc5c6ccccc6n3c45)cc12. The van der Waals surface area contributed by atoms with Crippen molar-refractivity contribution < 1.29 is 8.83 Å². The van der Waals surface area contributed by atoms with E-state index in [0.29, 0.717) is 0 Å². The Kier molecular flexibility index (Phi) is 12.2. The van der Waals surface area contributed by atoms with Gasteiger partial charge < -0.3 is 50.1 Å². The number of para-hydroxylation sites is 8. The van der Waals surface area contributed by atoms with Crippen LogP contribution in [0.5, 0.6) is 0 Å². The Balaban J connectivity index is 0.0000000917. The number of nitrogens with zero attached hydrogens (tertiary/aromatic N) is 10. The van der Waals surface area contributed by atoms with Crippen molar-refractivity contribution in [3.8, 4) is 67.3 Å². The fourth-order valence-corrected chi connectivity index (χ4v) is 22.2. The molecule has 0 fully saturated rings. The van der Waals surface area contributed by atoms with Gasteiger partial charge in [-0.3, -0.25) is 0 Å². The number of furan rings is 2. The van der Waals surface area contributed by atoms with Crippen molar-refractivity contribution in [3.05, 3.63) is 358 Å². The van der Waals surface area contributed by atoms with E-state index in [4.69, 9.17) is 13.8 Å². The van der Waals surface area contributed by atoms with Crippen molar-refractivity contribution in [3.63, 3.8) is 0 Å². The van der Waals surface area contributed by atoms with Crippen LogP contribution in [-0.4, -0.2) is 53.2 Å². The van der Waals surface area contributed by atoms with Gasteiger partial charge in [0.1, 0.15) is 28.2 Å². The van der Waals surface area contributed by atoms with Crippen LogP contribution < -0.4 is 14.4 Å². The summed E-state index contributed by atoms with van der Waals surface area (Å²) in [5.41, 5.74) is 32.2. The van der Waals surface area contributed by atoms with Crippen molar-refractivity contribution in [2.75, 3.05) is 14.4 Å². The average molecular weight is 1510 g/mol. The first kappa shape index (κ1) is 62.4. The number of imidazole rings is 1. The van der Waals surface area contributed by atoms with Gasteiger partial charge in [0.25, 0.3) is 0 Å². The van der Waals surface area contributed by atoms with Gasteiger partial charge in [-0.2, -0.15) is 0 Å². The van der Waals surface area contributed by atoms with E-state index in [1.54, 1.807) is 0 Å². The van der Waals surface area contributed by atoms with Gasteiger partial charge in [0, 0.05) is 148 Å². The zero-order valence-electron chi connectivity index (χ0n) is 62.5. The van der Waals surface area contributed by atoms with Gasteiger partial charge in [-0.15, -0.1) is 11.3 Å². The summed E-state index contributed by atoms with van der Waals surface area (Å²) >= 11 is 1.87. The molecule has 6 aliphatic rings. The molecule has 9 aromatic heterocycles. The van der Waals surface area contributed by atoms with E-state index in [1.807, 2.05) is 41.8 Å². The molecular weight excluding hydrogens is 1450 g/mol. The molecule has 0 bridgehead atoms. The molecule has 15 aromatic carbocycles. The fourth-order valence-electron chi connectivity index (χ4n) is 21.1. The van der Waals surface area contributed by atoms with Gasteiger partial charge in [0.05, 0.1) is 33.6 Å². The monoisotopic (exact) mass is 1510 g/mol. The quantitative estimate of drug-likeness (QED) is 0.164. The Morgan fingerprint density at radius 2 is 0.658 bits per heavy atom. The summed E-state index contributed by atoms with van der Waals surface area (Å²) in [6.45, 7) is 0. The van der Waals surface area contributed by atoms with Crippen LogP contribution in [0.2, 0.25) is 0 Å². The third-order valence-electron chi connectivity index (χ3n) is 25.9. The van der Waals surface area contributed by atoms with Gasteiger partial charge >= 0.3 is 21.4 Å². The maximum Gasteiger partial charge on any atom is 0.519 e. The number of hydrogen-bond donors (Lipinski definition) is 0. The van der Waals surface area contributed by atoms with Crippen LogP contribution in [0.25, 0.3) is 197 Å². The van der Waals surface area contributed by atoms with Crippen LogP contribution in [-0.2, 0) is 0 Å². The van der Waals surface area contributed by atoms with Gasteiger partial charge in [-0.05, 0) is 197 Å². The van der Waals surface area contributed by atoms with Gasteiger partial charge in [-0.1, -0.05) is 182 Å². The van der Waals surface area contributed by atoms with Crippen LogP contribution >= 0.6 is 11.3 Å². The van der Waals surface area contributed by atoms with Crippen LogP contribution in [0.15, 0.2) is 367 Å². The molecule has 540 valence electrons. The van der Waals surface area contributed by atoms with Crippen molar-refractivity contribution in [1.82, 2.24) is 31.9 Å². The lowest BCUT2D eigenvalue weighted by atomic mass is 9.83. The van der Waals surface area contributed by atoms with Gasteiger partial charge in [-0.25, -0.2) is 4.98 Å². The number of fused-ring (bicyclic) bond motifs is 42. The molecule has 0 saturated heterocycles. The number of hydrogen-bond acceptors (Lipinski definition) is 7. The van der Waals surface area contributed by atoms with E-state index in [9.17, 15) is 0 Å². The summed E-state index contributed by atoms with van der Waals surface area (Å²) in [6, 6.07) is 121. The topological polar surface area (TPSA) is 78.5 Å². The zero-order valence-corrected chi connectivity index (χ0v) is 63.3. The largest absolute Gasteiger partial charge is 0.519 e. The molecule has 0 atom stereocenters. The van der Waals surface area contributed by atoms with E-state index in [0.717, 1.165) is 66.4 Å². The highest BCUT2D eigenvalue weighted by Crippen LogP contribution is 2.56. The Morgan fingerprint density at radius 3 is 1.26 bits per heavy atom. The summed E-state index contributed by atoms with van der Waals surface area (Å²) in [5, 5.41) is 15.0. The Labute approximate surface area is 672 Å². The highest BCUT2D eigenvalue weighted by Gasteiger charge is 2.49. The van der Waals surface area contributed by atoms with Crippen LogP contribution in [0.1, 0.15) is 0 Å². The minimum absolute atomic E-state index is 0.0119. The molecule has 0 unspecified atom stereocenters. The van der Waals surface area contributed by atoms with E-state index >= 15 is 0 Å². The molecule has 0 radical (unpaired) electrons. The molecular formula is C101H59B3N10O2S. The molecule has 0 spiro atoms. The number of thiophene rings is 1. The minimum Gasteiger partial charge on any atom is -0.456 e. The molecule has 30 rings (SSSR count). The predicted octanol–water partition coefficient (Wildman–Crippen LogP) is 25.9. The third kappa shape index (κ3) is 8.29. The molecule has 24 aromatic rings. The summed E-state index contributed by atoms with van der Waals surface area (Å²) < 4.78 is 29.6. The molecule has 0 N–H and O–H groups in total. The van der Waals surface area contributed by atoms with Crippen molar-refractivity contribution >= 4 is 196 Å². The lowest BCUT2D eigenvalue weighted by Crippen LogP contribution is -2.47. The molecule has 0 saturated carbocycles. The average Bonchev–Trinajstić information content (AvgIpc) is 1.53. The standard InChI is InChI=1S/C34H20BN3O.C34H20BN3S.C33H19BN4O/c2*1-4-11-29-23(8-1)27-19-22(21-15-16-33-26(18-21)24-9-3-6-14-32(24)39-33)20-31-34(27)38(29)35-36-17-7-13-28(36)25-10-2-5-12-30(25)37(31)35;1-3-9-27-22(6-1)24-8-5-10-29-32(24)38(27)34-36-17-16-35-33(36)26-19-20(12-14-28(26)37(29)34)21-13-15-31-25(18-21)23-7-2-4-11-30(23)39-31/h2*1-20H;1-19H. The van der Waals surface area contributed by atoms with Crippen LogP contribution in [0, 0.1) is 0 Å². The van der Waals surface area contributed by atoms with E-state index in [1.165, 1.54) is 164 Å². The number of anilines is 6. The molecule has 6 aliphatic heterocycles. The second kappa shape index (κ2) is 22.8. The fraction of sp³-hybridized carbons (Fsp3) is 0. The first-order valence-electron chi connectivity index (χ1n) is 40.0. The van der Waals surface area contributed by atoms with Crippen LogP contribution in [0.3, 0.4) is 0 Å². The molecule has 12 nitrogen and oxygen atoms in total. The first-order chi connectivity index (χ1) is 58.0. The highest BCUT2D eigenvalue weighted by molar-refractivity contribution is 7.25. The lowest BCUT2D eigenvalue weighted by Gasteiger charge is -2.34. The summed E-state index contributed by atoms with van der Waals surface area (Å²) in [7, 11) is 0.00740. The zero-order chi connectivity index (χ0) is 75.7. The molecule has 15 heterocycles. The smallest absolute Gasteiger partial charge is 0.456 e. The van der Waals surface area contributed by atoms with Crippen molar-refractivity contribution in [2.24, 2.45) is 0 Å². The summed E-state index contributed by atoms with van der Waals surface area (Å²) in [5.74, 6) is 0.988. The van der Waals surface area contributed by atoms with E-state index in [-0.39, 0.29) is 21.4 Å². The van der Waals surface area contributed by atoms with E-state index < -0.39 is 0 Å². The minimum atomic E-state index is -0.0331.